The number of ether oxygens (including phenoxy) is 2. The Labute approximate surface area is 418 Å². The van der Waals surface area contributed by atoms with Gasteiger partial charge in [-0.25, -0.2) is 0 Å². The summed E-state index contributed by atoms with van der Waals surface area (Å²) < 4.78 is 11.2. The summed E-state index contributed by atoms with van der Waals surface area (Å²) in [6.07, 6.45) is 50.3. The van der Waals surface area contributed by atoms with Crippen LogP contribution in [0.15, 0.2) is 24.3 Å². The van der Waals surface area contributed by atoms with Crippen LogP contribution in [0.5, 0.6) is 0 Å². The normalized spacial score (nSPS) is 20.1. The van der Waals surface area contributed by atoms with Crippen molar-refractivity contribution in [3.05, 3.63) is 24.3 Å². The fourth-order valence-corrected chi connectivity index (χ4v) is 9.42. The van der Waals surface area contributed by atoms with Crippen LogP contribution in [0, 0.1) is 0 Å². The van der Waals surface area contributed by atoms with Crippen LogP contribution in [-0.2, 0) is 14.3 Å². The largest absolute Gasteiger partial charge is 0.394 e. The highest BCUT2D eigenvalue weighted by molar-refractivity contribution is 5.80. The zero-order valence-electron chi connectivity index (χ0n) is 44.2. The van der Waals surface area contributed by atoms with Crippen LogP contribution in [-0.4, -0.2) is 98.7 Å². The minimum atomic E-state index is -1.61. The van der Waals surface area contributed by atoms with Crippen molar-refractivity contribution in [2.45, 2.75) is 326 Å². The Balaban J connectivity index is 2.14. The second-order valence-corrected chi connectivity index (χ2v) is 20.6. The predicted octanol–water partition coefficient (Wildman–Crippen LogP) is 13.2. The highest BCUT2D eigenvalue weighted by Crippen LogP contribution is 2.23. The Bertz CT molecular complexity index is 1140. The molecule has 0 spiro atoms. The maximum Gasteiger partial charge on any atom is 0.249 e. The summed E-state index contributed by atoms with van der Waals surface area (Å²) in [7, 11) is 0. The maximum atomic E-state index is 13.1. The van der Waals surface area contributed by atoms with Gasteiger partial charge in [0.1, 0.15) is 30.5 Å². The molecule has 402 valence electrons. The van der Waals surface area contributed by atoms with Gasteiger partial charge in [-0.05, 0) is 32.1 Å². The Morgan fingerprint density at radius 1 is 0.500 bits per heavy atom. The monoisotopic (exact) mass is 966 g/mol. The fraction of sp³-hybridized carbons (Fsp3) is 0.914. The summed E-state index contributed by atoms with van der Waals surface area (Å²) in [6, 6.07) is -0.993. The van der Waals surface area contributed by atoms with Gasteiger partial charge in [0.2, 0.25) is 5.91 Å². The van der Waals surface area contributed by atoms with Crippen LogP contribution in [0.25, 0.3) is 0 Å². The lowest BCUT2D eigenvalue weighted by molar-refractivity contribution is -0.302. The molecule has 0 radical (unpaired) electrons. The number of carbonyl (C=O) groups is 1. The van der Waals surface area contributed by atoms with Gasteiger partial charge >= 0.3 is 0 Å². The number of carbonyl (C=O) groups excluding carboxylic acids is 1. The molecule has 10 heteroatoms. The summed E-state index contributed by atoms with van der Waals surface area (Å²) in [5.74, 6) is -0.622. The van der Waals surface area contributed by atoms with Gasteiger partial charge in [0.25, 0.3) is 0 Å². The van der Waals surface area contributed by atoms with Crippen molar-refractivity contribution in [3.63, 3.8) is 0 Å². The molecule has 1 amide bonds. The van der Waals surface area contributed by atoms with E-state index in [1.165, 1.54) is 212 Å². The Morgan fingerprint density at radius 2 is 0.868 bits per heavy atom. The number of aliphatic hydroxyl groups is 6. The van der Waals surface area contributed by atoms with Crippen molar-refractivity contribution in [3.8, 4) is 0 Å². The molecular weight excluding hydrogens is 855 g/mol. The van der Waals surface area contributed by atoms with E-state index in [1.807, 2.05) is 6.08 Å². The SMILES string of the molecule is CCCCCCCC/C=C/CC/C=C/C(O)C(COC1OC(CO)C(O)C(O)C1O)NC(=O)C(O)CCCCCCCCCCCCCCCCCCCCCCCCCCCCCCCCC. The van der Waals surface area contributed by atoms with Crippen LogP contribution in [0.1, 0.15) is 277 Å². The lowest BCUT2D eigenvalue weighted by Gasteiger charge is -2.40. The lowest BCUT2D eigenvalue weighted by atomic mass is 9.99. The highest BCUT2D eigenvalue weighted by Gasteiger charge is 2.44. The van der Waals surface area contributed by atoms with E-state index in [0.717, 1.165) is 38.5 Å². The topological polar surface area (TPSA) is 169 Å². The number of hydrogen-bond donors (Lipinski definition) is 7. The van der Waals surface area contributed by atoms with E-state index < -0.39 is 61.5 Å². The van der Waals surface area contributed by atoms with Crippen molar-refractivity contribution >= 4 is 5.91 Å². The van der Waals surface area contributed by atoms with E-state index in [4.69, 9.17) is 9.47 Å². The molecule has 1 fully saturated rings. The summed E-state index contributed by atoms with van der Waals surface area (Å²) in [6.45, 7) is 3.60. The molecule has 68 heavy (non-hydrogen) atoms. The van der Waals surface area contributed by atoms with Crippen LogP contribution in [0.2, 0.25) is 0 Å². The Hall–Kier alpha value is -1.37. The van der Waals surface area contributed by atoms with Crippen molar-refractivity contribution in [1.29, 1.82) is 0 Å². The Morgan fingerprint density at radius 3 is 1.28 bits per heavy atom. The van der Waals surface area contributed by atoms with E-state index in [-0.39, 0.29) is 6.61 Å². The third-order valence-corrected chi connectivity index (χ3v) is 14.1. The maximum absolute atomic E-state index is 13.1. The molecule has 0 saturated carbocycles. The molecule has 1 aliphatic rings. The molecule has 1 aliphatic heterocycles. The number of hydrogen-bond acceptors (Lipinski definition) is 9. The summed E-state index contributed by atoms with van der Waals surface area (Å²) >= 11 is 0. The molecule has 1 rings (SSSR count). The average molecular weight is 967 g/mol. The van der Waals surface area contributed by atoms with Gasteiger partial charge < -0.3 is 45.4 Å². The molecular formula is C58H111NO9. The molecule has 8 unspecified atom stereocenters. The zero-order chi connectivity index (χ0) is 49.6. The standard InChI is InChI=1S/C58H111NO9/c1-3-5-7-9-11-13-15-17-18-19-20-21-22-23-24-25-26-27-28-29-30-31-32-33-34-35-37-39-41-43-45-47-52(62)57(66)59-50(49-67-58-56(65)55(64)54(63)53(48-60)68-58)51(61)46-44-42-40-38-36-16-14-12-10-8-6-4-2/h36,38,44,46,50-56,58,60-65H,3-35,37,39-43,45,47-49H2,1-2H3,(H,59,66)/b38-36+,46-44+. The van der Waals surface area contributed by atoms with E-state index >= 15 is 0 Å². The molecule has 0 bridgehead atoms. The molecule has 8 atom stereocenters. The highest BCUT2D eigenvalue weighted by atomic mass is 16.7. The molecule has 0 aromatic carbocycles. The van der Waals surface area contributed by atoms with Gasteiger partial charge in [0, 0.05) is 0 Å². The van der Waals surface area contributed by atoms with Gasteiger partial charge in [-0.2, -0.15) is 0 Å². The van der Waals surface area contributed by atoms with Crippen molar-refractivity contribution in [1.82, 2.24) is 5.32 Å². The van der Waals surface area contributed by atoms with Crippen LogP contribution in [0.4, 0.5) is 0 Å². The first kappa shape index (κ1) is 64.6. The van der Waals surface area contributed by atoms with Gasteiger partial charge in [-0.15, -0.1) is 0 Å². The van der Waals surface area contributed by atoms with E-state index in [0.29, 0.717) is 12.8 Å². The third-order valence-electron chi connectivity index (χ3n) is 14.1. The number of allylic oxidation sites excluding steroid dienone is 3. The molecule has 1 saturated heterocycles. The van der Waals surface area contributed by atoms with Crippen molar-refractivity contribution in [2.24, 2.45) is 0 Å². The average Bonchev–Trinajstić information content (AvgIpc) is 3.34. The van der Waals surface area contributed by atoms with Gasteiger partial charge in [0.15, 0.2) is 6.29 Å². The number of aliphatic hydroxyl groups excluding tert-OH is 6. The quantitative estimate of drug-likeness (QED) is 0.0232. The first-order valence-corrected chi connectivity index (χ1v) is 29.2. The minimum Gasteiger partial charge on any atom is -0.394 e. The number of rotatable bonds is 50. The first-order valence-electron chi connectivity index (χ1n) is 29.2. The minimum absolute atomic E-state index is 0.308. The van der Waals surface area contributed by atoms with Crippen LogP contribution in [0.3, 0.4) is 0 Å². The molecule has 0 aromatic rings. The summed E-state index contributed by atoms with van der Waals surface area (Å²) in [5.41, 5.74) is 0. The number of amides is 1. The van der Waals surface area contributed by atoms with E-state index in [9.17, 15) is 35.4 Å². The number of nitrogens with one attached hydrogen (secondary N) is 1. The van der Waals surface area contributed by atoms with Crippen molar-refractivity contribution < 1.29 is 44.9 Å². The van der Waals surface area contributed by atoms with Gasteiger partial charge in [-0.3, -0.25) is 4.79 Å². The zero-order valence-corrected chi connectivity index (χ0v) is 44.2. The van der Waals surface area contributed by atoms with Gasteiger partial charge in [-0.1, -0.05) is 269 Å². The summed E-state index contributed by atoms with van der Waals surface area (Å²) in [4.78, 5) is 13.1. The van der Waals surface area contributed by atoms with Gasteiger partial charge in [0.05, 0.1) is 25.4 Å². The van der Waals surface area contributed by atoms with E-state index in [1.54, 1.807) is 6.08 Å². The van der Waals surface area contributed by atoms with E-state index in [2.05, 4.69) is 31.3 Å². The molecule has 7 N–H and O–H groups in total. The third kappa shape index (κ3) is 36.5. The fourth-order valence-electron chi connectivity index (χ4n) is 9.42. The Kier molecular flexibility index (Phi) is 45.6. The predicted molar refractivity (Wildman–Crippen MR) is 283 cm³/mol. The molecule has 0 aromatic heterocycles. The first-order chi connectivity index (χ1) is 33.3. The molecule has 0 aliphatic carbocycles. The second-order valence-electron chi connectivity index (χ2n) is 20.6. The molecule has 10 nitrogen and oxygen atoms in total. The molecule has 1 heterocycles. The van der Waals surface area contributed by atoms with Crippen LogP contribution < -0.4 is 5.32 Å². The number of unbranched alkanes of at least 4 members (excludes halogenated alkanes) is 37. The van der Waals surface area contributed by atoms with Crippen LogP contribution >= 0.6 is 0 Å². The smallest absolute Gasteiger partial charge is 0.249 e. The second kappa shape index (κ2) is 47.9. The van der Waals surface area contributed by atoms with Crippen molar-refractivity contribution in [2.75, 3.05) is 13.2 Å². The summed E-state index contributed by atoms with van der Waals surface area (Å²) in [5, 5.41) is 64.8. The lowest BCUT2D eigenvalue weighted by Crippen LogP contribution is -2.60.